The second-order valence-electron chi connectivity index (χ2n) is 3.92. The molecule has 0 atom stereocenters. The molecule has 1 rings (SSSR count). The largest absolute Gasteiger partial charge is 0.411 e. The van der Waals surface area contributed by atoms with Gasteiger partial charge in [-0.15, -0.1) is 0 Å². The Kier molecular flexibility index (Phi) is 6.01. The van der Waals surface area contributed by atoms with E-state index in [-0.39, 0.29) is 18.8 Å². The van der Waals surface area contributed by atoms with Crippen molar-refractivity contribution in [1.82, 2.24) is 0 Å². The van der Waals surface area contributed by atoms with E-state index in [1.165, 1.54) is 0 Å². The lowest BCUT2D eigenvalue weighted by molar-refractivity contribution is -0.173. The molecule has 0 aromatic heterocycles. The molecule has 0 saturated carbocycles. The summed E-state index contributed by atoms with van der Waals surface area (Å²) >= 11 is 6.56. The van der Waals surface area contributed by atoms with Crippen molar-refractivity contribution in [2.75, 3.05) is 13.2 Å². The summed E-state index contributed by atoms with van der Waals surface area (Å²) in [6.07, 6.45) is -4.46. The van der Waals surface area contributed by atoms with Gasteiger partial charge in [-0.1, -0.05) is 31.9 Å². The Hall–Kier alpha value is -0.400. The van der Waals surface area contributed by atoms with Crippen LogP contribution in [0.25, 0.3) is 0 Å². The highest BCUT2D eigenvalue weighted by molar-refractivity contribution is 9.11. The lowest BCUT2D eigenvalue weighted by Gasteiger charge is -2.09. The Morgan fingerprint density at radius 3 is 2.47 bits per heavy atom. The molecule has 0 aliphatic heterocycles. The van der Waals surface area contributed by atoms with Crippen LogP contribution in [0, 0.1) is 6.92 Å². The number of rotatable bonds is 5. The lowest BCUT2D eigenvalue weighted by Crippen LogP contribution is -2.18. The van der Waals surface area contributed by atoms with E-state index >= 15 is 0 Å². The van der Waals surface area contributed by atoms with Crippen molar-refractivity contribution in [3.63, 3.8) is 0 Å². The minimum absolute atomic E-state index is 0.0931. The van der Waals surface area contributed by atoms with Gasteiger partial charge in [0.15, 0.2) is 5.78 Å². The Labute approximate surface area is 125 Å². The molecule has 0 saturated heterocycles. The van der Waals surface area contributed by atoms with Gasteiger partial charge in [-0.3, -0.25) is 4.79 Å². The topological polar surface area (TPSA) is 26.3 Å². The van der Waals surface area contributed by atoms with E-state index in [1.54, 1.807) is 12.1 Å². The van der Waals surface area contributed by atoms with Gasteiger partial charge in [0.2, 0.25) is 0 Å². The molecule has 2 nitrogen and oxygen atoms in total. The van der Waals surface area contributed by atoms with E-state index in [0.29, 0.717) is 10.0 Å². The predicted molar refractivity (Wildman–Crippen MR) is 72.4 cm³/mol. The summed E-state index contributed by atoms with van der Waals surface area (Å²) in [5.74, 6) is -0.269. The third kappa shape index (κ3) is 5.62. The first-order valence-corrected chi connectivity index (χ1v) is 6.92. The lowest BCUT2D eigenvalue weighted by atomic mass is 10.1. The van der Waals surface area contributed by atoms with Crippen molar-refractivity contribution in [2.24, 2.45) is 0 Å². The molecule has 1 aromatic rings. The maximum Gasteiger partial charge on any atom is 0.411 e. The molecule has 7 heteroatoms. The summed E-state index contributed by atoms with van der Waals surface area (Å²) in [5.41, 5.74) is 1.38. The number of aryl methyl sites for hydroxylation is 1. The molecule has 0 fully saturated rings. The quantitative estimate of drug-likeness (QED) is 0.527. The molecule has 1 aromatic carbocycles. The average molecular weight is 404 g/mol. The second-order valence-corrected chi connectivity index (χ2v) is 5.63. The van der Waals surface area contributed by atoms with Gasteiger partial charge < -0.3 is 4.74 Å². The van der Waals surface area contributed by atoms with Gasteiger partial charge in [-0.25, -0.2) is 0 Å². The summed E-state index contributed by atoms with van der Waals surface area (Å²) in [7, 11) is 0. The zero-order chi connectivity index (χ0) is 14.6. The Bertz CT molecular complexity index is 473. The minimum atomic E-state index is -4.36. The van der Waals surface area contributed by atoms with Crippen LogP contribution in [0.1, 0.15) is 22.3 Å². The maximum atomic E-state index is 11.8. The van der Waals surface area contributed by atoms with Crippen LogP contribution >= 0.6 is 31.9 Å². The van der Waals surface area contributed by atoms with Gasteiger partial charge in [0, 0.05) is 20.9 Å². The normalized spacial score (nSPS) is 11.7. The zero-order valence-electron chi connectivity index (χ0n) is 9.98. The molecule has 106 valence electrons. The highest BCUT2D eigenvalue weighted by atomic mass is 79.9. The number of hydrogen-bond donors (Lipinski definition) is 0. The molecule has 0 aliphatic carbocycles. The predicted octanol–water partition coefficient (Wildman–Crippen LogP) is 4.67. The molecule has 0 N–H and O–H groups in total. The number of hydrogen-bond acceptors (Lipinski definition) is 2. The molecule has 0 unspecified atom stereocenters. The molecule has 19 heavy (non-hydrogen) atoms. The average Bonchev–Trinajstić information content (AvgIpc) is 2.28. The summed E-state index contributed by atoms with van der Waals surface area (Å²) in [4.78, 5) is 11.8. The monoisotopic (exact) mass is 402 g/mol. The van der Waals surface area contributed by atoms with E-state index < -0.39 is 12.8 Å². The van der Waals surface area contributed by atoms with Gasteiger partial charge in [-0.05, 0) is 24.6 Å². The molecule has 0 bridgehead atoms. The van der Waals surface area contributed by atoms with Crippen LogP contribution in [0.2, 0.25) is 0 Å². The fourth-order valence-electron chi connectivity index (χ4n) is 1.35. The van der Waals surface area contributed by atoms with E-state index in [1.807, 2.05) is 6.92 Å². The number of carbonyl (C=O) groups is 1. The molecule has 0 amide bonds. The van der Waals surface area contributed by atoms with Gasteiger partial charge in [0.1, 0.15) is 6.61 Å². The fraction of sp³-hybridized carbons (Fsp3) is 0.417. The van der Waals surface area contributed by atoms with E-state index in [4.69, 9.17) is 0 Å². The van der Waals surface area contributed by atoms with Crippen molar-refractivity contribution in [3.8, 4) is 0 Å². The second kappa shape index (κ2) is 6.85. The maximum absolute atomic E-state index is 11.8. The van der Waals surface area contributed by atoms with Gasteiger partial charge in [0.25, 0.3) is 0 Å². The van der Waals surface area contributed by atoms with Gasteiger partial charge in [-0.2, -0.15) is 13.2 Å². The highest BCUT2D eigenvalue weighted by Crippen LogP contribution is 2.26. The van der Waals surface area contributed by atoms with Crippen molar-refractivity contribution in [3.05, 3.63) is 32.2 Å². The number of alkyl halides is 3. The Morgan fingerprint density at radius 1 is 1.26 bits per heavy atom. The van der Waals surface area contributed by atoms with Crippen LogP contribution in [-0.2, 0) is 4.74 Å². The molecular weight excluding hydrogens is 393 g/mol. The van der Waals surface area contributed by atoms with E-state index in [9.17, 15) is 18.0 Å². The molecule has 0 spiro atoms. The fourth-order valence-corrected chi connectivity index (χ4v) is 2.37. The smallest absolute Gasteiger partial charge is 0.372 e. The highest BCUT2D eigenvalue weighted by Gasteiger charge is 2.27. The third-order valence-electron chi connectivity index (χ3n) is 2.29. The summed E-state index contributed by atoms with van der Waals surface area (Å²) in [5, 5.41) is 0. The SMILES string of the molecule is Cc1cc(Br)c(C(=O)CCOCC(F)(F)F)cc1Br. The van der Waals surface area contributed by atoms with Crippen LogP contribution in [0.5, 0.6) is 0 Å². The third-order valence-corrected chi connectivity index (χ3v) is 3.80. The number of Topliss-reactive ketones (excluding diaryl/α,β-unsaturated/α-hetero) is 1. The Balaban J connectivity index is 2.57. The molecular formula is C12H11Br2F3O2. The van der Waals surface area contributed by atoms with Gasteiger partial charge >= 0.3 is 6.18 Å². The van der Waals surface area contributed by atoms with Crippen LogP contribution in [0.3, 0.4) is 0 Å². The van der Waals surface area contributed by atoms with Crippen LogP contribution in [-0.4, -0.2) is 25.2 Å². The van der Waals surface area contributed by atoms with Gasteiger partial charge in [0.05, 0.1) is 6.61 Å². The van der Waals surface area contributed by atoms with Crippen LogP contribution < -0.4 is 0 Å². The van der Waals surface area contributed by atoms with E-state index in [0.717, 1.165) is 10.0 Å². The first-order chi connectivity index (χ1) is 8.70. The van der Waals surface area contributed by atoms with Crippen molar-refractivity contribution < 1.29 is 22.7 Å². The number of halogens is 5. The van der Waals surface area contributed by atoms with Crippen molar-refractivity contribution in [2.45, 2.75) is 19.5 Å². The summed E-state index contributed by atoms with van der Waals surface area (Å²) in [6.45, 7) is 0.283. The first-order valence-electron chi connectivity index (χ1n) is 5.34. The minimum Gasteiger partial charge on any atom is -0.372 e. The van der Waals surface area contributed by atoms with Crippen LogP contribution in [0.4, 0.5) is 13.2 Å². The number of ketones is 1. The van der Waals surface area contributed by atoms with Crippen molar-refractivity contribution >= 4 is 37.6 Å². The first kappa shape index (κ1) is 16.7. The molecule has 0 radical (unpaired) electrons. The van der Waals surface area contributed by atoms with E-state index in [2.05, 4.69) is 36.6 Å². The molecule has 0 heterocycles. The van der Waals surface area contributed by atoms with Crippen molar-refractivity contribution in [1.29, 1.82) is 0 Å². The van der Waals surface area contributed by atoms with Crippen LogP contribution in [0.15, 0.2) is 21.1 Å². The summed E-state index contributed by atoms with van der Waals surface area (Å²) in [6, 6.07) is 3.42. The molecule has 0 aliphatic rings. The number of benzene rings is 1. The summed E-state index contributed by atoms with van der Waals surface area (Å²) < 4.78 is 41.3. The standard InChI is InChI=1S/C12H11Br2F3O2/c1-7-4-10(14)8(5-9(7)13)11(18)2-3-19-6-12(15,16)17/h4-5H,2-3,6H2,1H3. The number of ether oxygens (including phenoxy) is 1. The Morgan fingerprint density at radius 2 is 1.89 bits per heavy atom. The zero-order valence-corrected chi connectivity index (χ0v) is 13.2. The number of carbonyl (C=O) groups excluding carboxylic acids is 1.